The van der Waals surface area contributed by atoms with Gasteiger partial charge in [0.05, 0.1) is 6.04 Å². The van der Waals surface area contributed by atoms with Crippen LogP contribution in [0.15, 0.2) is 0 Å². The van der Waals surface area contributed by atoms with Crippen molar-refractivity contribution >= 4 is 12.0 Å². The van der Waals surface area contributed by atoms with E-state index in [2.05, 4.69) is 10.2 Å². The number of nitrogens with zero attached hydrogens (tertiary/aromatic N) is 1. The van der Waals surface area contributed by atoms with Crippen molar-refractivity contribution in [3.63, 3.8) is 0 Å². The summed E-state index contributed by atoms with van der Waals surface area (Å²) in [5.74, 6) is -2.46. The highest BCUT2D eigenvalue weighted by Crippen LogP contribution is 2.19. The lowest BCUT2D eigenvalue weighted by molar-refractivity contribution is -0.232. The van der Waals surface area contributed by atoms with Crippen molar-refractivity contribution in [1.82, 2.24) is 10.4 Å². The van der Waals surface area contributed by atoms with Crippen molar-refractivity contribution in [3.8, 4) is 0 Å². The summed E-state index contributed by atoms with van der Waals surface area (Å²) in [6, 6.07) is -1.89. The summed E-state index contributed by atoms with van der Waals surface area (Å²) in [6.45, 7) is 0.742. The van der Waals surface area contributed by atoms with Gasteiger partial charge in [-0.25, -0.2) is 9.59 Å². The Morgan fingerprint density at radius 2 is 2.06 bits per heavy atom. The molecule has 0 radical (unpaired) electrons. The average molecular weight is 241 g/mol. The number of hydroxylamine groups is 2. The molecule has 1 unspecified atom stereocenters. The molecule has 1 aliphatic rings. The molecule has 92 valence electrons. The van der Waals surface area contributed by atoms with Crippen LogP contribution in [-0.2, 0) is 9.63 Å². The molecule has 0 aromatic heterocycles. The van der Waals surface area contributed by atoms with E-state index in [4.69, 9.17) is 5.73 Å². The van der Waals surface area contributed by atoms with Crippen LogP contribution in [0.2, 0.25) is 0 Å². The summed E-state index contributed by atoms with van der Waals surface area (Å²) < 4.78 is 35.7. The molecule has 0 saturated carbocycles. The molecule has 1 atom stereocenters. The molecule has 9 heteroatoms. The van der Waals surface area contributed by atoms with Gasteiger partial charge in [-0.1, -0.05) is 0 Å². The lowest BCUT2D eigenvalue weighted by Gasteiger charge is -2.24. The van der Waals surface area contributed by atoms with E-state index >= 15 is 0 Å². The number of primary amides is 1. The lowest BCUT2D eigenvalue weighted by Crippen LogP contribution is -2.47. The molecule has 0 bridgehead atoms. The molecular weight excluding hydrogens is 231 g/mol. The van der Waals surface area contributed by atoms with E-state index in [0.29, 0.717) is 13.0 Å². The summed E-state index contributed by atoms with van der Waals surface area (Å²) in [5, 5.41) is 3.06. The smallest absolute Gasteiger partial charge is 0.349 e. The first-order chi connectivity index (χ1) is 7.32. The maximum absolute atomic E-state index is 11.9. The summed E-state index contributed by atoms with van der Waals surface area (Å²) >= 11 is 0. The minimum absolute atomic E-state index is 0.230. The van der Waals surface area contributed by atoms with Crippen molar-refractivity contribution in [1.29, 1.82) is 0 Å². The van der Waals surface area contributed by atoms with Gasteiger partial charge in [0.25, 0.3) is 0 Å². The first-order valence-corrected chi connectivity index (χ1v) is 4.41. The number of nitrogens with two attached hydrogens (primary N) is 1. The topological polar surface area (TPSA) is 84.7 Å². The Balaban J connectivity index is 2.65. The number of amides is 2. The third kappa shape index (κ3) is 2.99. The second-order valence-corrected chi connectivity index (χ2v) is 3.19. The quantitative estimate of drug-likeness (QED) is 0.620. The van der Waals surface area contributed by atoms with Crippen molar-refractivity contribution in [2.24, 2.45) is 5.73 Å². The van der Waals surface area contributed by atoms with Gasteiger partial charge in [-0.3, -0.25) is 0 Å². The van der Waals surface area contributed by atoms with Crippen LogP contribution in [0.4, 0.5) is 18.0 Å². The van der Waals surface area contributed by atoms with Crippen LogP contribution in [-0.4, -0.2) is 42.4 Å². The number of urea groups is 1. The molecule has 1 rings (SSSR count). The first-order valence-electron chi connectivity index (χ1n) is 4.41. The van der Waals surface area contributed by atoms with Crippen LogP contribution in [0.25, 0.3) is 0 Å². The van der Waals surface area contributed by atoms with Crippen LogP contribution in [0, 0.1) is 0 Å². The molecule has 1 fully saturated rings. The van der Waals surface area contributed by atoms with Crippen LogP contribution < -0.4 is 11.1 Å². The predicted octanol–water partition coefficient (Wildman–Crippen LogP) is -0.251. The fourth-order valence-corrected chi connectivity index (χ4v) is 1.28. The van der Waals surface area contributed by atoms with E-state index in [1.54, 1.807) is 0 Å². The van der Waals surface area contributed by atoms with Crippen LogP contribution in [0.5, 0.6) is 0 Å². The minimum atomic E-state index is -5.15. The van der Waals surface area contributed by atoms with E-state index in [1.807, 2.05) is 0 Å². The van der Waals surface area contributed by atoms with Gasteiger partial charge in [0.1, 0.15) is 0 Å². The second kappa shape index (κ2) is 4.56. The maximum Gasteiger partial charge on any atom is 0.493 e. The third-order valence-electron chi connectivity index (χ3n) is 2.00. The molecule has 0 aromatic carbocycles. The molecule has 0 spiro atoms. The zero-order valence-corrected chi connectivity index (χ0v) is 8.08. The number of carbonyl (C=O) groups is 2. The normalized spacial score (nSPS) is 20.6. The van der Waals surface area contributed by atoms with Crippen molar-refractivity contribution in [3.05, 3.63) is 0 Å². The zero-order valence-electron chi connectivity index (χ0n) is 8.08. The van der Waals surface area contributed by atoms with Gasteiger partial charge in [-0.15, -0.1) is 5.06 Å². The SMILES string of the molecule is NC(=O)N(OC(=O)C(F)(F)F)C1CCNC1. The monoisotopic (exact) mass is 241 g/mol. The molecule has 6 nitrogen and oxygen atoms in total. The fourth-order valence-electron chi connectivity index (χ4n) is 1.28. The van der Waals surface area contributed by atoms with Crippen molar-refractivity contribution in [2.45, 2.75) is 18.6 Å². The van der Waals surface area contributed by atoms with E-state index in [9.17, 15) is 22.8 Å². The highest BCUT2D eigenvalue weighted by Gasteiger charge is 2.44. The van der Waals surface area contributed by atoms with E-state index < -0.39 is 24.2 Å². The Bertz CT molecular complexity index is 288. The Labute approximate surface area is 88.5 Å². The molecule has 16 heavy (non-hydrogen) atoms. The maximum atomic E-state index is 11.9. The number of hydrogen-bond donors (Lipinski definition) is 2. The molecular formula is C7H10F3N3O3. The van der Waals surface area contributed by atoms with Gasteiger partial charge in [-0.05, 0) is 13.0 Å². The van der Waals surface area contributed by atoms with Gasteiger partial charge < -0.3 is 15.9 Å². The largest absolute Gasteiger partial charge is 0.493 e. The summed E-state index contributed by atoms with van der Waals surface area (Å²) in [4.78, 5) is 25.3. The minimum Gasteiger partial charge on any atom is -0.349 e. The van der Waals surface area contributed by atoms with E-state index in [0.717, 1.165) is 0 Å². The number of nitrogens with one attached hydrogen (secondary N) is 1. The van der Waals surface area contributed by atoms with Crippen molar-refractivity contribution < 1.29 is 27.6 Å². The van der Waals surface area contributed by atoms with Crippen LogP contribution >= 0.6 is 0 Å². The van der Waals surface area contributed by atoms with Gasteiger partial charge >= 0.3 is 18.2 Å². The number of halogens is 3. The Kier molecular flexibility index (Phi) is 3.58. The Morgan fingerprint density at radius 3 is 2.44 bits per heavy atom. The molecule has 0 aromatic rings. The number of alkyl halides is 3. The van der Waals surface area contributed by atoms with Crippen molar-refractivity contribution in [2.75, 3.05) is 13.1 Å². The molecule has 3 N–H and O–H groups in total. The fraction of sp³-hybridized carbons (Fsp3) is 0.714. The average Bonchev–Trinajstić information content (AvgIpc) is 2.63. The highest BCUT2D eigenvalue weighted by molar-refractivity contribution is 5.78. The van der Waals surface area contributed by atoms with Gasteiger partial charge in [0.2, 0.25) is 0 Å². The standard InChI is InChI=1S/C7H10F3N3O3/c8-7(9,10)5(14)16-13(6(11)15)4-1-2-12-3-4/h4,12H,1-3H2,(H2,11,15). The lowest BCUT2D eigenvalue weighted by atomic mass is 10.3. The number of rotatable bonds is 1. The Morgan fingerprint density at radius 1 is 1.44 bits per heavy atom. The van der Waals surface area contributed by atoms with Crippen LogP contribution in [0.3, 0.4) is 0 Å². The molecule has 1 heterocycles. The summed E-state index contributed by atoms with van der Waals surface area (Å²) in [7, 11) is 0. The predicted molar refractivity (Wildman–Crippen MR) is 44.8 cm³/mol. The summed E-state index contributed by atoms with van der Waals surface area (Å²) in [6.07, 6.45) is -4.78. The number of hydrogen-bond acceptors (Lipinski definition) is 4. The molecule has 1 aliphatic heterocycles. The van der Waals surface area contributed by atoms with Gasteiger partial charge in [0, 0.05) is 6.54 Å². The molecule has 2 amide bonds. The van der Waals surface area contributed by atoms with Crippen LogP contribution in [0.1, 0.15) is 6.42 Å². The van der Waals surface area contributed by atoms with Gasteiger partial charge in [0.15, 0.2) is 0 Å². The first kappa shape index (κ1) is 12.6. The molecule has 0 aliphatic carbocycles. The Hall–Kier alpha value is -1.51. The van der Waals surface area contributed by atoms with Gasteiger partial charge in [-0.2, -0.15) is 13.2 Å². The highest BCUT2D eigenvalue weighted by atomic mass is 19.4. The third-order valence-corrected chi connectivity index (χ3v) is 2.00. The van der Waals surface area contributed by atoms with E-state index in [-0.39, 0.29) is 11.6 Å². The molecule has 1 saturated heterocycles. The number of carbonyl (C=O) groups excluding carboxylic acids is 2. The zero-order chi connectivity index (χ0) is 12.3. The van der Waals surface area contributed by atoms with E-state index in [1.165, 1.54) is 0 Å². The second-order valence-electron chi connectivity index (χ2n) is 3.19. The summed E-state index contributed by atoms with van der Waals surface area (Å²) in [5.41, 5.74) is 4.82.